The molecule has 0 spiro atoms. The average Bonchev–Trinajstić information content (AvgIpc) is 2.77. The van der Waals surface area contributed by atoms with Gasteiger partial charge in [0.15, 0.2) is 5.78 Å². The first kappa shape index (κ1) is 27.4. The molecule has 3 heteroatoms. The normalized spacial score (nSPS) is 13.2. The van der Waals surface area contributed by atoms with Crippen LogP contribution in [0.15, 0.2) is 52.1 Å². The van der Waals surface area contributed by atoms with Gasteiger partial charge in [0, 0.05) is 16.7 Å². The van der Waals surface area contributed by atoms with Crippen molar-refractivity contribution in [3.8, 4) is 0 Å². The molecule has 182 valence electrons. The zero-order chi connectivity index (χ0) is 25.8. The lowest BCUT2D eigenvalue weighted by atomic mass is 9.66. The molecule has 0 saturated heterocycles. The summed E-state index contributed by atoms with van der Waals surface area (Å²) >= 11 is 0. The highest BCUT2D eigenvalue weighted by atomic mass is 16.2. The van der Waals surface area contributed by atoms with Crippen LogP contribution in [-0.2, 0) is 12.8 Å². The van der Waals surface area contributed by atoms with Gasteiger partial charge in [-0.3, -0.25) is 14.4 Å². The van der Waals surface area contributed by atoms with Gasteiger partial charge < -0.3 is 0 Å². The van der Waals surface area contributed by atoms with Crippen LogP contribution in [0.5, 0.6) is 0 Å². The third-order valence-corrected chi connectivity index (χ3v) is 6.91. The lowest BCUT2D eigenvalue weighted by molar-refractivity contribution is 0.101. The summed E-state index contributed by atoms with van der Waals surface area (Å²) in [5, 5.41) is 0. The second-order valence-electron chi connectivity index (χ2n) is 10.4. The molecule has 0 bridgehead atoms. The number of aryl methyl sites for hydroxylation is 2. The van der Waals surface area contributed by atoms with Crippen molar-refractivity contribution >= 4 is 5.78 Å². The minimum absolute atomic E-state index is 0.0194. The first-order chi connectivity index (χ1) is 15.9. The summed E-state index contributed by atoms with van der Waals surface area (Å²) in [6.07, 6.45) is 1.58. The summed E-state index contributed by atoms with van der Waals surface area (Å²) in [6, 6.07) is 14.4. The van der Waals surface area contributed by atoms with Gasteiger partial charge in [0.25, 0.3) is 0 Å². The molecule has 0 aliphatic carbocycles. The molecule has 0 heterocycles. The van der Waals surface area contributed by atoms with Gasteiger partial charge in [-0.25, -0.2) is 0 Å². The van der Waals surface area contributed by atoms with Crippen molar-refractivity contribution in [2.45, 2.75) is 87.0 Å². The lowest BCUT2D eigenvalue weighted by Gasteiger charge is -2.37. The molecule has 2 atom stereocenters. The molecule has 3 nitrogen and oxygen atoms in total. The molecule has 0 radical (unpaired) electrons. The van der Waals surface area contributed by atoms with Gasteiger partial charge in [0.2, 0.25) is 10.9 Å². The number of carbonyl (C=O) groups is 1. The van der Waals surface area contributed by atoms with E-state index in [2.05, 4.69) is 59.7 Å². The lowest BCUT2D eigenvalue weighted by Crippen LogP contribution is -2.42. The van der Waals surface area contributed by atoms with Gasteiger partial charge in [-0.1, -0.05) is 84.0 Å². The number of rotatable bonds is 6. The SMILES string of the molecule is CCc1c(C(C)C(c2ccccc2)C(C)(C)C)c(=O)c1=O.CCc1c(C)ccc(C)c1C(C)=O. The first-order valence-electron chi connectivity index (χ1n) is 12.3. The van der Waals surface area contributed by atoms with Crippen molar-refractivity contribution in [2.75, 3.05) is 0 Å². The van der Waals surface area contributed by atoms with E-state index in [0.29, 0.717) is 6.42 Å². The van der Waals surface area contributed by atoms with Crippen molar-refractivity contribution in [1.29, 1.82) is 0 Å². The third kappa shape index (κ3) is 5.63. The fourth-order valence-corrected chi connectivity index (χ4v) is 5.47. The zero-order valence-corrected chi connectivity index (χ0v) is 22.3. The summed E-state index contributed by atoms with van der Waals surface area (Å²) in [5.74, 6) is 0.456. The predicted octanol–water partition coefficient (Wildman–Crippen LogP) is 6.85. The van der Waals surface area contributed by atoms with Gasteiger partial charge in [-0.05, 0) is 73.1 Å². The quantitative estimate of drug-likeness (QED) is 0.299. The Bertz CT molecular complexity index is 1200. The summed E-state index contributed by atoms with van der Waals surface area (Å²) < 4.78 is 0. The number of hydrogen-bond acceptors (Lipinski definition) is 3. The zero-order valence-electron chi connectivity index (χ0n) is 22.3. The topological polar surface area (TPSA) is 51.2 Å². The highest BCUT2D eigenvalue weighted by Crippen LogP contribution is 2.45. The van der Waals surface area contributed by atoms with Gasteiger partial charge >= 0.3 is 0 Å². The van der Waals surface area contributed by atoms with Crippen LogP contribution in [0.4, 0.5) is 0 Å². The second kappa shape index (κ2) is 11.1. The molecule has 0 aliphatic heterocycles. The van der Waals surface area contributed by atoms with Crippen LogP contribution >= 0.6 is 0 Å². The van der Waals surface area contributed by atoms with Gasteiger partial charge in [-0.15, -0.1) is 0 Å². The van der Waals surface area contributed by atoms with Crippen molar-refractivity contribution in [3.63, 3.8) is 0 Å². The number of benzene rings is 2. The van der Waals surface area contributed by atoms with Crippen LogP contribution in [0.2, 0.25) is 0 Å². The Balaban J connectivity index is 0.000000270. The van der Waals surface area contributed by atoms with E-state index in [-0.39, 0.29) is 33.9 Å². The van der Waals surface area contributed by atoms with Crippen molar-refractivity contribution in [1.82, 2.24) is 0 Å². The molecule has 3 rings (SSSR count). The van der Waals surface area contributed by atoms with Gasteiger partial charge in [0.05, 0.1) is 0 Å². The Morgan fingerprint density at radius 2 is 1.35 bits per heavy atom. The highest BCUT2D eigenvalue weighted by molar-refractivity contribution is 5.97. The van der Waals surface area contributed by atoms with Crippen molar-refractivity contribution in [2.24, 2.45) is 5.41 Å². The Labute approximate surface area is 204 Å². The van der Waals surface area contributed by atoms with E-state index in [1.54, 1.807) is 6.92 Å². The molecule has 2 unspecified atom stereocenters. The van der Waals surface area contributed by atoms with Crippen LogP contribution in [-0.4, -0.2) is 5.78 Å². The second-order valence-corrected chi connectivity index (χ2v) is 10.4. The van der Waals surface area contributed by atoms with Gasteiger partial charge in [0.1, 0.15) is 0 Å². The van der Waals surface area contributed by atoms with Crippen LogP contribution in [0.25, 0.3) is 0 Å². The fraction of sp³-hybridized carbons (Fsp3) is 0.452. The molecule has 0 fully saturated rings. The Hall–Kier alpha value is -2.81. The Morgan fingerprint density at radius 3 is 1.79 bits per heavy atom. The number of hydrogen-bond donors (Lipinski definition) is 0. The van der Waals surface area contributed by atoms with E-state index in [9.17, 15) is 14.4 Å². The van der Waals surface area contributed by atoms with Crippen LogP contribution in [0, 0.1) is 19.3 Å². The predicted molar refractivity (Wildman–Crippen MR) is 143 cm³/mol. The average molecular weight is 461 g/mol. The van der Waals surface area contributed by atoms with Crippen molar-refractivity contribution < 1.29 is 4.79 Å². The first-order valence-corrected chi connectivity index (χ1v) is 12.3. The van der Waals surface area contributed by atoms with E-state index in [4.69, 9.17) is 0 Å². The van der Waals surface area contributed by atoms with Crippen LogP contribution in [0.3, 0.4) is 0 Å². The number of carbonyl (C=O) groups excluding carboxylic acids is 1. The van der Waals surface area contributed by atoms with Crippen molar-refractivity contribution in [3.05, 3.63) is 102 Å². The smallest absolute Gasteiger partial charge is 0.229 e. The summed E-state index contributed by atoms with van der Waals surface area (Å²) in [5.41, 5.74) is 6.62. The maximum Gasteiger partial charge on any atom is 0.229 e. The standard InChI is InChI=1S/C19H24O2.C12H16O/c1-6-14-15(18(21)17(14)20)12(2)16(19(3,4)5)13-10-8-7-9-11-13;1-5-11-8(2)6-7-9(3)12(11)10(4)13/h7-12,16H,6H2,1-5H3;6-7H,5H2,1-4H3. The number of Topliss-reactive ketones (excluding diaryl/α,β-unsaturated/α-hetero) is 1. The minimum atomic E-state index is -0.278. The van der Waals surface area contributed by atoms with E-state index < -0.39 is 0 Å². The minimum Gasteiger partial charge on any atom is -0.294 e. The fourth-order valence-electron chi connectivity index (χ4n) is 5.47. The molecular weight excluding hydrogens is 420 g/mol. The van der Waals surface area contributed by atoms with E-state index in [0.717, 1.165) is 28.7 Å². The maximum absolute atomic E-state index is 12.0. The molecule has 0 saturated carbocycles. The molecule has 34 heavy (non-hydrogen) atoms. The molecular formula is C31H40O3. The summed E-state index contributed by atoms with van der Waals surface area (Å²) in [4.78, 5) is 35.1. The van der Waals surface area contributed by atoms with E-state index in [1.165, 1.54) is 16.7 Å². The third-order valence-electron chi connectivity index (χ3n) is 6.91. The van der Waals surface area contributed by atoms with E-state index in [1.807, 2.05) is 38.1 Å². The molecule has 0 N–H and O–H groups in total. The summed E-state index contributed by atoms with van der Waals surface area (Å²) in [7, 11) is 0. The van der Waals surface area contributed by atoms with Crippen LogP contribution in [0.1, 0.15) is 104 Å². The van der Waals surface area contributed by atoms with Crippen LogP contribution < -0.4 is 10.9 Å². The Morgan fingerprint density at radius 1 is 0.824 bits per heavy atom. The molecule has 3 aromatic carbocycles. The van der Waals surface area contributed by atoms with E-state index >= 15 is 0 Å². The monoisotopic (exact) mass is 460 g/mol. The number of ketones is 1. The molecule has 0 amide bonds. The largest absolute Gasteiger partial charge is 0.294 e. The Kier molecular flexibility index (Phi) is 8.94. The maximum atomic E-state index is 12.0. The highest BCUT2D eigenvalue weighted by Gasteiger charge is 2.36. The molecule has 0 aromatic heterocycles. The molecule has 3 aromatic rings. The molecule has 0 aliphatic rings. The summed E-state index contributed by atoms with van der Waals surface area (Å²) in [6.45, 7) is 18.4. The van der Waals surface area contributed by atoms with Gasteiger partial charge in [-0.2, -0.15) is 0 Å².